The quantitative estimate of drug-likeness (QED) is 0.409. The molecule has 7 heteroatoms. The van der Waals surface area contributed by atoms with Crippen LogP contribution in [0.3, 0.4) is 0 Å². The number of aryl methyl sites for hydroxylation is 1. The predicted octanol–water partition coefficient (Wildman–Crippen LogP) is 4.63. The van der Waals surface area contributed by atoms with Gasteiger partial charge in [-0.3, -0.25) is 20.2 Å². The van der Waals surface area contributed by atoms with Crippen LogP contribution < -0.4 is 11.0 Å². The van der Waals surface area contributed by atoms with Crippen LogP contribution in [0.4, 0.5) is 0 Å². The van der Waals surface area contributed by atoms with Gasteiger partial charge in [0, 0.05) is 36.1 Å². The molecule has 0 spiro atoms. The number of hydrogen-bond donors (Lipinski definition) is 2. The first kappa shape index (κ1) is 22.0. The highest BCUT2D eigenvalue weighted by Crippen LogP contribution is 2.17. The number of nitrogens with one attached hydrogen (secondary N) is 2. The number of thioether (sulfide) groups is 1. The van der Waals surface area contributed by atoms with Crippen molar-refractivity contribution < 1.29 is 0 Å². The van der Waals surface area contributed by atoms with Crippen molar-refractivity contribution in [3.05, 3.63) is 86.4 Å². The van der Waals surface area contributed by atoms with Crippen molar-refractivity contribution in [1.29, 1.82) is 10.8 Å². The number of rotatable bonds is 6. The molecule has 0 atom stereocenters. The van der Waals surface area contributed by atoms with Crippen LogP contribution in [0.15, 0.2) is 64.2 Å². The van der Waals surface area contributed by atoms with E-state index in [1.807, 2.05) is 57.2 Å². The number of benzene rings is 1. The molecule has 1 aromatic heterocycles. The van der Waals surface area contributed by atoms with Gasteiger partial charge in [0.25, 0.3) is 5.56 Å². The van der Waals surface area contributed by atoms with Crippen LogP contribution in [0.25, 0.3) is 0 Å². The van der Waals surface area contributed by atoms with Crippen LogP contribution in [0, 0.1) is 17.7 Å². The summed E-state index contributed by atoms with van der Waals surface area (Å²) < 4.78 is 2.76. The van der Waals surface area contributed by atoms with E-state index in [4.69, 9.17) is 22.4 Å². The van der Waals surface area contributed by atoms with E-state index in [0.717, 1.165) is 16.7 Å². The zero-order valence-electron chi connectivity index (χ0n) is 16.3. The predicted molar refractivity (Wildman–Crippen MR) is 118 cm³/mol. The van der Waals surface area contributed by atoms with Gasteiger partial charge in [0.05, 0.1) is 0 Å². The van der Waals surface area contributed by atoms with Crippen molar-refractivity contribution in [3.8, 4) is 0 Å². The Labute approximate surface area is 174 Å². The van der Waals surface area contributed by atoms with E-state index in [1.165, 1.54) is 20.9 Å². The molecule has 0 amide bonds. The molecule has 0 fully saturated rings. The maximum Gasteiger partial charge on any atom is 0.293 e. The maximum absolute atomic E-state index is 12.6. The van der Waals surface area contributed by atoms with Crippen molar-refractivity contribution in [1.82, 2.24) is 9.13 Å². The standard InChI is InChI=1S/C21H25ClN4OS/c1-4-5-10-18(22)16(3)13-25-11-12-26(19(23)20(25)27)21(24)28-14-17-9-7-6-8-15(17)2/h4-9,11-12,23-24H,10,13-14H2,1-3H3/b5-4-,18-16+,23-19?,24-21?. The highest BCUT2D eigenvalue weighted by Gasteiger charge is 2.09. The van der Waals surface area contributed by atoms with Crippen molar-refractivity contribution in [3.63, 3.8) is 0 Å². The normalized spacial score (nSPS) is 12.3. The van der Waals surface area contributed by atoms with E-state index in [1.54, 1.807) is 12.4 Å². The molecule has 0 saturated heterocycles. The highest BCUT2D eigenvalue weighted by atomic mass is 35.5. The molecule has 0 bridgehead atoms. The minimum Gasteiger partial charge on any atom is -0.307 e. The van der Waals surface area contributed by atoms with Crippen molar-refractivity contribution in [2.75, 3.05) is 0 Å². The molecule has 5 nitrogen and oxygen atoms in total. The lowest BCUT2D eigenvalue weighted by molar-refractivity contribution is 0.700. The summed E-state index contributed by atoms with van der Waals surface area (Å²) in [7, 11) is 0. The number of aromatic nitrogens is 2. The van der Waals surface area contributed by atoms with Crippen LogP contribution in [-0.4, -0.2) is 14.3 Å². The van der Waals surface area contributed by atoms with Gasteiger partial charge >= 0.3 is 0 Å². The van der Waals surface area contributed by atoms with E-state index >= 15 is 0 Å². The molecule has 2 aromatic rings. The van der Waals surface area contributed by atoms with Gasteiger partial charge in [0.15, 0.2) is 10.7 Å². The van der Waals surface area contributed by atoms with E-state index in [2.05, 4.69) is 0 Å². The lowest BCUT2D eigenvalue weighted by Crippen LogP contribution is -2.42. The second kappa shape index (κ2) is 10.3. The molecule has 0 unspecified atom stereocenters. The van der Waals surface area contributed by atoms with Gasteiger partial charge in [0.2, 0.25) is 0 Å². The number of allylic oxidation sites excluding steroid dienone is 4. The minimum absolute atomic E-state index is 0.149. The van der Waals surface area contributed by atoms with Crippen LogP contribution in [-0.2, 0) is 12.3 Å². The number of halogens is 1. The molecule has 148 valence electrons. The molecule has 0 radical (unpaired) electrons. The van der Waals surface area contributed by atoms with Gasteiger partial charge in [-0.15, -0.1) is 0 Å². The monoisotopic (exact) mass is 416 g/mol. The molecule has 1 heterocycles. The number of hydrogen-bond acceptors (Lipinski definition) is 4. The van der Waals surface area contributed by atoms with Gasteiger partial charge in [0.1, 0.15) is 0 Å². The minimum atomic E-state index is -0.446. The first-order chi connectivity index (χ1) is 13.3. The van der Waals surface area contributed by atoms with Crippen LogP contribution in [0.2, 0.25) is 0 Å². The third-order valence-corrected chi connectivity index (χ3v) is 5.75. The zero-order valence-corrected chi connectivity index (χ0v) is 17.9. The van der Waals surface area contributed by atoms with Gasteiger partial charge in [-0.25, -0.2) is 0 Å². The van der Waals surface area contributed by atoms with E-state index in [9.17, 15) is 4.79 Å². The van der Waals surface area contributed by atoms with Crippen LogP contribution in [0.5, 0.6) is 0 Å². The largest absolute Gasteiger partial charge is 0.307 e. The van der Waals surface area contributed by atoms with Gasteiger partial charge in [-0.05, 0) is 37.5 Å². The van der Waals surface area contributed by atoms with Crippen LogP contribution >= 0.6 is 23.4 Å². The average molecular weight is 417 g/mol. The Balaban J connectivity index is 2.17. The second-order valence-electron chi connectivity index (χ2n) is 6.43. The Morgan fingerprint density at radius 3 is 2.68 bits per heavy atom. The fourth-order valence-electron chi connectivity index (χ4n) is 2.55. The first-order valence-corrected chi connectivity index (χ1v) is 10.3. The van der Waals surface area contributed by atoms with Crippen LogP contribution in [0.1, 0.15) is 31.4 Å². The van der Waals surface area contributed by atoms with E-state index < -0.39 is 5.56 Å². The Kier molecular flexibility index (Phi) is 8.08. The molecule has 0 aliphatic heterocycles. The molecule has 28 heavy (non-hydrogen) atoms. The Morgan fingerprint density at radius 1 is 1.29 bits per heavy atom. The fraction of sp³-hybridized carbons (Fsp3) is 0.286. The summed E-state index contributed by atoms with van der Waals surface area (Å²) >= 11 is 7.56. The second-order valence-corrected chi connectivity index (χ2v) is 7.85. The summed E-state index contributed by atoms with van der Waals surface area (Å²) in [5.74, 6) is 0.615. The number of nitrogens with zero attached hydrogens (tertiary/aromatic N) is 2. The van der Waals surface area contributed by atoms with Crippen molar-refractivity contribution in [2.45, 2.75) is 39.5 Å². The highest BCUT2D eigenvalue weighted by molar-refractivity contribution is 8.13. The molecule has 1 aromatic carbocycles. The molecular weight excluding hydrogens is 392 g/mol. The summed E-state index contributed by atoms with van der Waals surface area (Å²) in [6, 6.07) is 7.99. The summed E-state index contributed by atoms with van der Waals surface area (Å²) in [5, 5.41) is 17.3. The molecule has 0 saturated carbocycles. The smallest absolute Gasteiger partial charge is 0.293 e. The summed E-state index contributed by atoms with van der Waals surface area (Å²) in [4.78, 5) is 12.6. The van der Waals surface area contributed by atoms with Gasteiger partial charge < -0.3 is 4.57 Å². The molecule has 2 N–H and O–H groups in total. The topological polar surface area (TPSA) is 74.6 Å². The fourth-order valence-corrected chi connectivity index (χ4v) is 3.60. The zero-order chi connectivity index (χ0) is 20.7. The molecule has 0 aliphatic rings. The average Bonchev–Trinajstić information content (AvgIpc) is 2.68. The Morgan fingerprint density at radius 2 is 2.00 bits per heavy atom. The van der Waals surface area contributed by atoms with E-state index in [-0.39, 0.29) is 10.7 Å². The van der Waals surface area contributed by atoms with Gasteiger partial charge in [-0.2, -0.15) is 0 Å². The Bertz CT molecular complexity index is 1030. The Hall–Kier alpha value is -2.31. The SMILES string of the molecule is C/C=C\C/C(Cl)=C(/C)Cn1ccn(C(=N)SCc2ccccc2C)c(=N)c1=O. The van der Waals surface area contributed by atoms with Crippen molar-refractivity contribution >= 4 is 28.5 Å². The summed E-state index contributed by atoms with van der Waals surface area (Å²) in [5.41, 5.74) is 2.49. The summed E-state index contributed by atoms with van der Waals surface area (Å²) in [6.45, 7) is 6.16. The maximum atomic E-state index is 12.6. The third kappa shape index (κ3) is 5.59. The lowest BCUT2D eigenvalue weighted by Gasteiger charge is -2.12. The lowest BCUT2D eigenvalue weighted by atomic mass is 10.1. The molecular formula is C21H25ClN4OS. The van der Waals surface area contributed by atoms with Gasteiger partial charge in [-0.1, -0.05) is 59.8 Å². The first-order valence-electron chi connectivity index (χ1n) is 8.93. The third-order valence-electron chi connectivity index (χ3n) is 4.35. The van der Waals surface area contributed by atoms with E-state index in [0.29, 0.717) is 23.8 Å². The molecule has 0 aliphatic carbocycles. The molecule has 2 rings (SSSR count). The van der Waals surface area contributed by atoms with Crippen molar-refractivity contribution in [2.24, 2.45) is 0 Å². The summed E-state index contributed by atoms with van der Waals surface area (Å²) in [6.07, 6.45) is 7.70.